The molecule has 1 amide bonds. The number of aromatic amines is 1. The second-order valence-corrected chi connectivity index (χ2v) is 5.17. The molecule has 3 rings (SSSR count). The van der Waals surface area contributed by atoms with E-state index in [9.17, 15) is 14.4 Å². The first-order valence-electron chi connectivity index (χ1n) is 6.51. The topological polar surface area (TPSA) is 104 Å². The second-order valence-electron chi connectivity index (χ2n) is 4.74. The third-order valence-corrected chi connectivity index (χ3v) is 3.46. The van der Waals surface area contributed by atoms with Gasteiger partial charge < -0.3 is 5.11 Å². The molecule has 1 aromatic heterocycles. The van der Waals surface area contributed by atoms with Crippen molar-refractivity contribution in [2.24, 2.45) is 0 Å². The number of carboxylic acid groups (broad SMARTS) is 1. The van der Waals surface area contributed by atoms with E-state index in [1.807, 2.05) is 0 Å². The molecular formula is C15H10ClN3O4. The summed E-state index contributed by atoms with van der Waals surface area (Å²) in [5.74, 6) is 0. The highest BCUT2D eigenvalue weighted by molar-refractivity contribution is 6.31. The molecule has 0 saturated carbocycles. The van der Waals surface area contributed by atoms with Gasteiger partial charge in [-0.15, -0.1) is 0 Å². The molecule has 0 atom stereocenters. The first-order chi connectivity index (χ1) is 11.0. The number of fused-ring (bicyclic) bond motifs is 1. The molecule has 0 aliphatic rings. The molecule has 0 unspecified atom stereocenters. The Kier molecular flexibility index (Phi) is 3.63. The van der Waals surface area contributed by atoms with Gasteiger partial charge in [0.25, 0.3) is 5.56 Å². The van der Waals surface area contributed by atoms with E-state index in [1.165, 1.54) is 22.8 Å². The van der Waals surface area contributed by atoms with E-state index >= 15 is 0 Å². The predicted molar refractivity (Wildman–Crippen MR) is 86.8 cm³/mol. The van der Waals surface area contributed by atoms with Crippen molar-refractivity contribution in [1.82, 2.24) is 9.55 Å². The smallest absolute Gasteiger partial charge is 0.409 e. The number of rotatable bonds is 2. The first-order valence-corrected chi connectivity index (χ1v) is 6.88. The lowest BCUT2D eigenvalue weighted by atomic mass is 10.2. The Hall–Kier alpha value is -3.06. The molecule has 0 fully saturated rings. The van der Waals surface area contributed by atoms with Gasteiger partial charge >= 0.3 is 11.8 Å². The van der Waals surface area contributed by atoms with Gasteiger partial charge in [-0.25, -0.2) is 9.59 Å². The summed E-state index contributed by atoms with van der Waals surface area (Å²) >= 11 is 5.97. The average Bonchev–Trinajstić information content (AvgIpc) is 2.46. The lowest BCUT2D eigenvalue weighted by molar-refractivity contribution is 0.210. The van der Waals surface area contributed by atoms with E-state index in [2.05, 4.69) is 10.3 Å². The van der Waals surface area contributed by atoms with Crippen molar-refractivity contribution in [2.75, 3.05) is 5.32 Å². The number of benzene rings is 2. The van der Waals surface area contributed by atoms with Crippen molar-refractivity contribution in [2.45, 2.75) is 0 Å². The number of amides is 1. The van der Waals surface area contributed by atoms with Crippen molar-refractivity contribution in [3.8, 4) is 5.69 Å². The highest BCUT2D eigenvalue weighted by Gasteiger charge is 2.10. The monoisotopic (exact) mass is 331 g/mol. The SMILES string of the molecule is O=C(O)Nc1cccc(-n2c(=O)[nH]c(=O)c3ccc(Cl)cc32)c1. The van der Waals surface area contributed by atoms with Gasteiger partial charge in [0.1, 0.15) is 0 Å². The lowest BCUT2D eigenvalue weighted by Gasteiger charge is -2.11. The molecule has 0 radical (unpaired) electrons. The molecule has 1 heterocycles. The van der Waals surface area contributed by atoms with Crippen molar-refractivity contribution in [1.29, 1.82) is 0 Å². The number of aromatic nitrogens is 2. The Bertz CT molecular complexity index is 1040. The maximum atomic E-state index is 12.2. The molecule has 8 heteroatoms. The van der Waals surface area contributed by atoms with Crippen LogP contribution >= 0.6 is 11.6 Å². The van der Waals surface area contributed by atoms with Crippen LogP contribution in [0.3, 0.4) is 0 Å². The number of hydrogen-bond donors (Lipinski definition) is 3. The molecule has 3 aromatic rings. The molecule has 7 nitrogen and oxygen atoms in total. The van der Waals surface area contributed by atoms with Gasteiger partial charge in [0.2, 0.25) is 0 Å². The van der Waals surface area contributed by atoms with Crippen LogP contribution in [0.15, 0.2) is 52.1 Å². The maximum Gasteiger partial charge on any atom is 0.409 e. The van der Waals surface area contributed by atoms with Crippen LogP contribution in [0.5, 0.6) is 0 Å². The summed E-state index contributed by atoms with van der Waals surface area (Å²) in [6.07, 6.45) is -1.22. The number of H-pyrrole nitrogens is 1. The Labute approximate surface area is 133 Å². The zero-order valence-electron chi connectivity index (χ0n) is 11.5. The van der Waals surface area contributed by atoms with Gasteiger partial charge in [0.15, 0.2) is 0 Å². The summed E-state index contributed by atoms with van der Waals surface area (Å²) < 4.78 is 1.26. The molecule has 0 spiro atoms. The first kappa shape index (κ1) is 14.9. The van der Waals surface area contributed by atoms with Crippen LogP contribution in [0.25, 0.3) is 16.6 Å². The van der Waals surface area contributed by atoms with Crippen LogP contribution in [0.1, 0.15) is 0 Å². The van der Waals surface area contributed by atoms with E-state index in [0.29, 0.717) is 27.3 Å². The Morgan fingerprint density at radius 2 is 1.96 bits per heavy atom. The van der Waals surface area contributed by atoms with Crippen molar-refractivity contribution in [3.05, 3.63) is 68.3 Å². The van der Waals surface area contributed by atoms with Crippen LogP contribution < -0.4 is 16.6 Å². The number of halogens is 1. The highest BCUT2D eigenvalue weighted by atomic mass is 35.5. The minimum Gasteiger partial charge on any atom is -0.465 e. The lowest BCUT2D eigenvalue weighted by Crippen LogP contribution is -2.29. The largest absolute Gasteiger partial charge is 0.465 e. The van der Waals surface area contributed by atoms with Gasteiger partial charge in [-0.05, 0) is 36.4 Å². The summed E-state index contributed by atoms with van der Waals surface area (Å²) in [7, 11) is 0. The van der Waals surface area contributed by atoms with E-state index < -0.39 is 17.3 Å². The fraction of sp³-hybridized carbons (Fsp3) is 0. The molecule has 23 heavy (non-hydrogen) atoms. The summed E-state index contributed by atoms with van der Waals surface area (Å²) in [6, 6.07) is 10.8. The molecule has 0 saturated heterocycles. The zero-order chi connectivity index (χ0) is 16.6. The minimum atomic E-state index is -1.22. The predicted octanol–water partition coefficient (Wildman–Crippen LogP) is 2.42. The number of nitrogens with one attached hydrogen (secondary N) is 2. The standard InChI is InChI=1S/C15H10ClN3O4/c16-8-4-5-11-12(6-8)19(14(21)18-13(11)20)10-3-1-2-9(7-10)17-15(22)23/h1-7,17H,(H,22,23)(H,18,20,21). The number of carbonyl (C=O) groups is 1. The quantitative estimate of drug-likeness (QED) is 0.670. The molecule has 116 valence electrons. The van der Waals surface area contributed by atoms with Crippen molar-refractivity contribution in [3.63, 3.8) is 0 Å². The van der Waals surface area contributed by atoms with E-state index in [1.54, 1.807) is 24.3 Å². The van der Waals surface area contributed by atoms with Crippen LogP contribution in [0, 0.1) is 0 Å². The summed E-state index contributed by atoms with van der Waals surface area (Å²) in [5.41, 5.74) is -0.137. The number of anilines is 1. The third-order valence-electron chi connectivity index (χ3n) is 3.22. The Morgan fingerprint density at radius 1 is 1.17 bits per heavy atom. The van der Waals surface area contributed by atoms with Crippen molar-refractivity contribution < 1.29 is 9.90 Å². The molecular weight excluding hydrogens is 322 g/mol. The Balaban J connectivity index is 2.32. The zero-order valence-corrected chi connectivity index (χ0v) is 12.3. The number of hydrogen-bond acceptors (Lipinski definition) is 3. The fourth-order valence-corrected chi connectivity index (χ4v) is 2.48. The van der Waals surface area contributed by atoms with Gasteiger partial charge in [-0.1, -0.05) is 17.7 Å². The molecule has 3 N–H and O–H groups in total. The molecule has 0 aliphatic carbocycles. The summed E-state index contributed by atoms with van der Waals surface area (Å²) in [4.78, 5) is 37.1. The van der Waals surface area contributed by atoms with Gasteiger partial charge in [-0.2, -0.15) is 0 Å². The molecule has 2 aromatic carbocycles. The van der Waals surface area contributed by atoms with E-state index in [0.717, 1.165) is 0 Å². The van der Waals surface area contributed by atoms with Crippen LogP contribution in [-0.2, 0) is 0 Å². The number of nitrogens with zero attached hydrogens (tertiary/aromatic N) is 1. The van der Waals surface area contributed by atoms with Crippen molar-refractivity contribution >= 4 is 34.3 Å². The van der Waals surface area contributed by atoms with Crippen LogP contribution in [0.4, 0.5) is 10.5 Å². The average molecular weight is 332 g/mol. The summed E-state index contributed by atoms with van der Waals surface area (Å²) in [6.45, 7) is 0. The third kappa shape index (κ3) is 2.82. The van der Waals surface area contributed by atoms with Crippen LogP contribution in [-0.4, -0.2) is 20.8 Å². The van der Waals surface area contributed by atoms with Gasteiger partial charge in [0, 0.05) is 10.7 Å². The van der Waals surface area contributed by atoms with E-state index in [-0.39, 0.29) is 0 Å². The molecule has 0 bridgehead atoms. The second kappa shape index (κ2) is 5.62. The van der Waals surface area contributed by atoms with E-state index in [4.69, 9.17) is 16.7 Å². The molecule has 0 aliphatic heterocycles. The van der Waals surface area contributed by atoms with Gasteiger partial charge in [0.05, 0.1) is 16.6 Å². The van der Waals surface area contributed by atoms with Crippen LogP contribution in [0.2, 0.25) is 5.02 Å². The Morgan fingerprint density at radius 3 is 2.70 bits per heavy atom. The van der Waals surface area contributed by atoms with Gasteiger partial charge in [-0.3, -0.25) is 19.7 Å². The highest BCUT2D eigenvalue weighted by Crippen LogP contribution is 2.20. The fourth-order valence-electron chi connectivity index (χ4n) is 2.31. The maximum absolute atomic E-state index is 12.2. The summed E-state index contributed by atoms with van der Waals surface area (Å²) in [5, 5.41) is 11.7. The minimum absolute atomic E-state index is 0.295. The normalized spacial score (nSPS) is 10.7.